The van der Waals surface area contributed by atoms with Crippen LogP contribution in [0.5, 0.6) is 0 Å². The Kier molecular flexibility index (Phi) is 7.02. The Hall–Kier alpha value is -0.180. The summed E-state index contributed by atoms with van der Waals surface area (Å²) in [6, 6.07) is 6.39. The van der Waals surface area contributed by atoms with Crippen LogP contribution >= 0.6 is 23.4 Å². The Bertz CT molecular complexity index is 341. The lowest BCUT2D eigenvalue weighted by Crippen LogP contribution is -2.14. The molecule has 0 aliphatic rings. The Morgan fingerprint density at radius 3 is 2.71 bits per heavy atom. The van der Waals surface area contributed by atoms with E-state index in [1.165, 1.54) is 16.9 Å². The van der Waals surface area contributed by atoms with E-state index in [0.717, 1.165) is 24.5 Å². The summed E-state index contributed by atoms with van der Waals surface area (Å²) in [6.07, 6.45) is 2.33. The molecular weight excluding hydrogens is 250 g/mol. The van der Waals surface area contributed by atoms with Gasteiger partial charge in [0.15, 0.2) is 0 Å². The van der Waals surface area contributed by atoms with Gasteiger partial charge in [0.1, 0.15) is 0 Å². The number of hydrogen-bond acceptors (Lipinski definition) is 2. The van der Waals surface area contributed by atoms with Gasteiger partial charge in [0, 0.05) is 21.7 Å². The summed E-state index contributed by atoms with van der Waals surface area (Å²) >= 11 is 8.17. The molecule has 0 aliphatic carbocycles. The first-order chi connectivity index (χ1) is 8.17. The van der Waals surface area contributed by atoms with Crippen molar-refractivity contribution in [3.63, 3.8) is 0 Å². The molecule has 17 heavy (non-hydrogen) atoms. The second kappa shape index (κ2) is 8.02. The van der Waals surface area contributed by atoms with Crippen molar-refractivity contribution in [1.29, 1.82) is 0 Å². The van der Waals surface area contributed by atoms with Crippen LogP contribution < -0.4 is 5.32 Å². The average molecular weight is 272 g/mol. The summed E-state index contributed by atoms with van der Waals surface area (Å²) in [5.41, 5.74) is 1.19. The topological polar surface area (TPSA) is 12.0 Å². The van der Waals surface area contributed by atoms with Crippen LogP contribution in [0.2, 0.25) is 5.02 Å². The Morgan fingerprint density at radius 2 is 2.12 bits per heavy atom. The second-order valence-corrected chi connectivity index (χ2v) is 6.19. The summed E-state index contributed by atoms with van der Waals surface area (Å²) in [5.74, 6) is 0. The largest absolute Gasteiger partial charge is 0.313 e. The van der Waals surface area contributed by atoms with Gasteiger partial charge in [0.2, 0.25) is 0 Å². The SMILES string of the molecule is CCCNCc1ccc(SC(C)CC)cc1Cl. The zero-order valence-corrected chi connectivity index (χ0v) is 12.5. The van der Waals surface area contributed by atoms with Crippen molar-refractivity contribution < 1.29 is 0 Å². The number of benzene rings is 1. The normalized spacial score (nSPS) is 12.7. The molecule has 96 valence electrons. The zero-order chi connectivity index (χ0) is 12.7. The molecule has 1 N–H and O–H groups in total. The van der Waals surface area contributed by atoms with Crippen molar-refractivity contribution in [3.05, 3.63) is 28.8 Å². The molecule has 1 atom stereocenters. The molecule has 0 aromatic heterocycles. The summed E-state index contributed by atoms with van der Waals surface area (Å²) in [5, 5.41) is 4.90. The third-order valence-corrected chi connectivity index (χ3v) is 4.29. The van der Waals surface area contributed by atoms with Crippen LogP contribution in [0.25, 0.3) is 0 Å². The van der Waals surface area contributed by atoms with E-state index < -0.39 is 0 Å². The Labute approximate surface area is 114 Å². The first kappa shape index (κ1) is 14.9. The van der Waals surface area contributed by atoms with Crippen molar-refractivity contribution in [1.82, 2.24) is 5.32 Å². The predicted molar refractivity (Wildman–Crippen MR) is 79.1 cm³/mol. The minimum absolute atomic E-state index is 0.648. The number of halogens is 1. The fraction of sp³-hybridized carbons (Fsp3) is 0.571. The molecule has 0 amide bonds. The fourth-order valence-corrected chi connectivity index (χ4v) is 2.74. The minimum Gasteiger partial charge on any atom is -0.313 e. The van der Waals surface area contributed by atoms with Gasteiger partial charge in [-0.1, -0.05) is 38.4 Å². The molecule has 0 saturated carbocycles. The first-order valence-corrected chi connectivity index (χ1v) is 7.58. The fourth-order valence-electron chi connectivity index (χ4n) is 1.46. The van der Waals surface area contributed by atoms with Crippen molar-refractivity contribution in [2.45, 2.75) is 50.3 Å². The van der Waals surface area contributed by atoms with Crippen molar-refractivity contribution in [3.8, 4) is 0 Å². The molecule has 3 heteroatoms. The van der Waals surface area contributed by atoms with E-state index in [-0.39, 0.29) is 0 Å². The minimum atomic E-state index is 0.648. The van der Waals surface area contributed by atoms with Crippen LogP contribution in [0.4, 0.5) is 0 Å². The predicted octanol–water partition coefficient (Wildman–Crippen LogP) is 4.73. The second-order valence-electron chi connectivity index (χ2n) is 4.27. The maximum Gasteiger partial charge on any atom is 0.0462 e. The lowest BCUT2D eigenvalue weighted by Gasteiger charge is -2.11. The maximum atomic E-state index is 6.28. The third kappa shape index (κ3) is 5.33. The zero-order valence-electron chi connectivity index (χ0n) is 10.9. The summed E-state index contributed by atoms with van der Waals surface area (Å²) in [4.78, 5) is 1.27. The monoisotopic (exact) mass is 271 g/mol. The van der Waals surface area contributed by atoms with E-state index >= 15 is 0 Å². The molecule has 1 nitrogen and oxygen atoms in total. The Morgan fingerprint density at radius 1 is 1.35 bits per heavy atom. The van der Waals surface area contributed by atoms with E-state index in [9.17, 15) is 0 Å². The summed E-state index contributed by atoms with van der Waals surface area (Å²) in [7, 11) is 0. The molecule has 0 heterocycles. The highest BCUT2D eigenvalue weighted by atomic mass is 35.5. The van der Waals surface area contributed by atoms with E-state index in [1.807, 2.05) is 11.8 Å². The van der Waals surface area contributed by atoms with Gasteiger partial charge in [0.05, 0.1) is 0 Å². The molecule has 1 aromatic rings. The third-order valence-electron chi connectivity index (χ3n) is 2.68. The van der Waals surface area contributed by atoms with E-state index in [4.69, 9.17) is 11.6 Å². The first-order valence-electron chi connectivity index (χ1n) is 6.33. The summed E-state index contributed by atoms with van der Waals surface area (Å²) in [6.45, 7) is 8.53. The van der Waals surface area contributed by atoms with Gasteiger partial charge in [-0.25, -0.2) is 0 Å². The van der Waals surface area contributed by atoms with Gasteiger partial charge in [-0.15, -0.1) is 11.8 Å². The number of nitrogens with one attached hydrogen (secondary N) is 1. The van der Waals surface area contributed by atoms with Crippen LogP contribution in [-0.4, -0.2) is 11.8 Å². The molecule has 0 spiro atoms. The van der Waals surface area contributed by atoms with Crippen molar-refractivity contribution >= 4 is 23.4 Å². The number of hydrogen-bond donors (Lipinski definition) is 1. The van der Waals surface area contributed by atoms with E-state index in [1.54, 1.807) is 0 Å². The van der Waals surface area contributed by atoms with Crippen LogP contribution in [0.1, 0.15) is 39.2 Å². The quantitative estimate of drug-likeness (QED) is 0.568. The number of rotatable bonds is 7. The number of thioether (sulfide) groups is 1. The molecule has 1 rings (SSSR count). The van der Waals surface area contributed by atoms with Gasteiger partial charge >= 0.3 is 0 Å². The lowest BCUT2D eigenvalue weighted by molar-refractivity contribution is 0.675. The van der Waals surface area contributed by atoms with E-state index in [2.05, 4.69) is 44.3 Å². The standard InChI is InChI=1S/C14H22ClNS/c1-4-8-16-10-12-6-7-13(9-14(12)15)17-11(3)5-2/h6-7,9,11,16H,4-5,8,10H2,1-3H3. The highest BCUT2D eigenvalue weighted by Gasteiger charge is 2.05. The van der Waals surface area contributed by atoms with Gasteiger partial charge in [-0.2, -0.15) is 0 Å². The van der Waals surface area contributed by atoms with Crippen LogP contribution in [0.15, 0.2) is 23.1 Å². The molecule has 0 aliphatic heterocycles. The molecule has 0 bridgehead atoms. The lowest BCUT2D eigenvalue weighted by atomic mass is 10.2. The highest BCUT2D eigenvalue weighted by molar-refractivity contribution is 7.99. The smallest absolute Gasteiger partial charge is 0.0462 e. The molecule has 1 unspecified atom stereocenters. The summed E-state index contributed by atoms with van der Waals surface area (Å²) < 4.78 is 0. The van der Waals surface area contributed by atoms with Crippen LogP contribution in [0, 0.1) is 0 Å². The van der Waals surface area contributed by atoms with Crippen molar-refractivity contribution in [2.24, 2.45) is 0 Å². The van der Waals surface area contributed by atoms with Crippen LogP contribution in [0.3, 0.4) is 0 Å². The van der Waals surface area contributed by atoms with Crippen LogP contribution in [-0.2, 0) is 6.54 Å². The maximum absolute atomic E-state index is 6.28. The van der Waals surface area contributed by atoms with E-state index in [0.29, 0.717) is 5.25 Å². The molecule has 1 aromatic carbocycles. The van der Waals surface area contributed by atoms with Crippen molar-refractivity contribution in [2.75, 3.05) is 6.54 Å². The average Bonchev–Trinajstić information content (AvgIpc) is 2.32. The molecule has 0 radical (unpaired) electrons. The Balaban J connectivity index is 2.59. The molecule has 0 fully saturated rings. The van der Waals surface area contributed by atoms with Gasteiger partial charge in [-0.05, 0) is 37.1 Å². The van der Waals surface area contributed by atoms with Gasteiger partial charge < -0.3 is 5.32 Å². The molecule has 0 saturated heterocycles. The van der Waals surface area contributed by atoms with Gasteiger partial charge in [-0.3, -0.25) is 0 Å². The highest BCUT2D eigenvalue weighted by Crippen LogP contribution is 2.29. The molecular formula is C14H22ClNS. The van der Waals surface area contributed by atoms with Gasteiger partial charge in [0.25, 0.3) is 0 Å².